The number of nitrogens with zero attached hydrogens (tertiary/aromatic N) is 2. The number of amides is 1. The molecule has 1 aromatic heterocycles. The summed E-state index contributed by atoms with van der Waals surface area (Å²) in [6.07, 6.45) is 2.70. The summed E-state index contributed by atoms with van der Waals surface area (Å²) in [7, 11) is 1.54. The highest BCUT2D eigenvalue weighted by Gasteiger charge is 2.48. The molecule has 4 aromatic rings. The van der Waals surface area contributed by atoms with E-state index in [4.69, 9.17) is 19.2 Å². The molecule has 9 heteroatoms. The number of carbonyl (C=O) groups is 2. The van der Waals surface area contributed by atoms with Crippen LogP contribution in [0.4, 0.5) is 5.13 Å². The van der Waals surface area contributed by atoms with Gasteiger partial charge in [0.05, 0.1) is 42.2 Å². The molecule has 224 valence electrons. The number of hydrogen-bond donors (Lipinski definition) is 1. The number of aryl methyl sites for hydroxylation is 2. The third kappa shape index (κ3) is 5.95. The molecule has 1 N–H and O–H groups in total. The zero-order valence-corrected chi connectivity index (χ0v) is 25.9. The lowest BCUT2D eigenvalue weighted by Gasteiger charge is -2.24. The first-order valence-corrected chi connectivity index (χ1v) is 15.3. The number of methoxy groups -OCH3 is 1. The van der Waals surface area contributed by atoms with E-state index < -0.39 is 17.7 Å². The van der Waals surface area contributed by atoms with Crippen LogP contribution in [0.1, 0.15) is 61.4 Å². The van der Waals surface area contributed by atoms with Crippen LogP contribution >= 0.6 is 11.3 Å². The second-order valence-electron chi connectivity index (χ2n) is 10.6. The molecule has 1 atom stereocenters. The summed E-state index contributed by atoms with van der Waals surface area (Å²) >= 11 is 1.34. The summed E-state index contributed by atoms with van der Waals surface area (Å²) in [5.74, 6) is -0.266. The predicted molar refractivity (Wildman–Crippen MR) is 170 cm³/mol. The summed E-state index contributed by atoms with van der Waals surface area (Å²) in [6, 6.07) is 15.3. The molecule has 1 amide bonds. The molecule has 1 fully saturated rings. The molecule has 5 rings (SSSR count). The Hall–Kier alpha value is -4.37. The molecule has 1 aliphatic heterocycles. The van der Waals surface area contributed by atoms with Crippen molar-refractivity contribution >= 4 is 44.1 Å². The summed E-state index contributed by atoms with van der Waals surface area (Å²) < 4.78 is 18.3. The maximum Gasteiger partial charge on any atom is 0.301 e. The number of aliphatic hydroxyl groups excluding tert-OH is 1. The molecular weight excluding hydrogens is 564 g/mol. The number of ketones is 1. The van der Waals surface area contributed by atoms with Crippen molar-refractivity contribution < 1.29 is 28.9 Å². The van der Waals surface area contributed by atoms with E-state index in [9.17, 15) is 14.7 Å². The molecule has 43 heavy (non-hydrogen) atoms. The van der Waals surface area contributed by atoms with Crippen molar-refractivity contribution in [3.8, 4) is 17.2 Å². The normalized spacial score (nSPS) is 16.2. The molecular formula is C34H36N2O6S. The van der Waals surface area contributed by atoms with Crippen LogP contribution in [0, 0.1) is 13.8 Å². The number of aliphatic hydroxyl groups is 1. The Morgan fingerprint density at radius 2 is 1.79 bits per heavy atom. The number of rotatable bonds is 11. The Balaban J connectivity index is 1.68. The van der Waals surface area contributed by atoms with E-state index >= 15 is 0 Å². The number of thiazole rings is 1. The lowest BCUT2D eigenvalue weighted by molar-refractivity contribution is -0.132. The molecule has 1 saturated heterocycles. The lowest BCUT2D eigenvalue weighted by atomic mass is 9.95. The minimum atomic E-state index is -0.958. The fraction of sp³-hybridized carbons (Fsp3) is 0.324. The van der Waals surface area contributed by atoms with Crippen molar-refractivity contribution in [2.45, 2.75) is 53.0 Å². The first kappa shape index (κ1) is 30.1. The molecule has 0 aliphatic carbocycles. The molecule has 1 unspecified atom stereocenters. The standard InChI is InChI=1S/C34H36N2O6S/c1-6-8-15-42-25-13-12-22(19-26(25)40-5)30-28(31(37)23-10-9-11-24(18-23)41-14-7-2)32(38)33(39)36(30)34-35-29-21(4)16-20(3)17-27(29)43-34/h9-13,16-19,30,37H,6-8,14-15H2,1-5H3/b31-28+. The average Bonchev–Trinajstić information content (AvgIpc) is 3.54. The quantitative estimate of drug-likeness (QED) is 0.0823. The van der Waals surface area contributed by atoms with Gasteiger partial charge in [-0.2, -0.15) is 0 Å². The highest BCUT2D eigenvalue weighted by molar-refractivity contribution is 7.22. The zero-order valence-electron chi connectivity index (χ0n) is 25.1. The van der Waals surface area contributed by atoms with Crippen molar-refractivity contribution in [1.82, 2.24) is 4.98 Å². The SMILES string of the molecule is CCCCOc1ccc(C2/C(=C(\O)c3cccc(OCCC)c3)C(=O)C(=O)N2c2nc3c(C)cc(C)cc3s2)cc1OC. The number of unbranched alkanes of at least 4 members (excludes halogenated alkanes) is 1. The second-order valence-corrected chi connectivity index (χ2v) is 11.6. The maximum atomic E-state index is 13.8. The molecule has 3 aromatic carbocycles. The van der Waals surface area contributed by atoms with Crippen molar-refractivity contribution in [3.05, 3.63) is 82.4 Å². The summed E-state index contributed by atoms with van der Waals surface area (Å²) in [5.41, 5.74) is 3.73. The van der Waals surface area contributed by atoms with Crippen LogP contribution in [-0.2, 0) is 9.59 Å². The largest absolute Gasteiger partial charge is 0.507 e. The van der Waals surface area contributed by atoms with E-state index in [0.717, 1.165) is 40.6 Å². The topological polar surface area (TPSA) is 98.2 Å². The highest BCUT2D eigenvalue weighted by Crippen LogP contribution is 2.46. The number of ether oxygens (including phenoxy) is 3. The molecule has 1 aliphatic rings. The fourth-order valence-electron chi connectivity index (χ4n) is 5.22. The Bertz CT molecular complexity index is 1710. The number of aromatic nitrogens is 1. The van der Waals surface area contributed by atoms with E-state index in [-0.39, 0.29) is 11.3 Å². The van der Waals surface area contributed by atoms with Gasteiger partial charge in [0.25, 0.3) is 5.78 Å². The van der Waals surface area contributed by atoms with Crippen LogP contribution in [0.25, 0.3) is 16.0 Å². The zero-order chi connectivity index (χ0) is 30.7. The highest BCUT2D eigenvalue weighted by atomic mass is 32.1. The Morgan fingerprint density at radius 1 is 0.977 bits per heavy atom. The van der Waals surface area contributed by atoms with Crippen molar-refractivity contribution in [3.63, 3.8) is 0 Å². The van der Waals surface area contributed by atoms with Gasteiger partial charge in [-0.3, -0.25) is 14.5 Å². The number of anilines is 1. The Kier molecular flexibility index (Phi) is 9.01. The number of Topliss-reactive ketones (excluding diaryl/α,β-unsaturated/α-hetero) is 1. The summed E-state index contributed by atoms with van der Waals surface area (Å²) in [4.78, 5) is 33.7. The van der Waals surface area contributed by atoms with E-state index in [1.54, 1.807) is 49.6 Å². The average molecular weight is 601 g/mol. The Morgan fingerprint density at radius 3 is 2.53 bits per heavy atom. The number of fused-ring (bicyclic) bond motifs is 1. The van der Waals surface area contributed by atoms with Gasteiger partial charge in [0.1, 0.15) is 11.5 Å². The minimum absolute atomic E-state index is 0.0356. The maximum absolute atomic E-state index is 13.8. The van der Waals surface area contributed by atoms with Gasteiger partial charge in [0.15, 0.2) is 16.6 Å². The number of benzene rings is 3. The van der Waals surface area contributed by atoms with Crippen molar-refractivity contribution in [2.75, 3.05) is 25.2 Å². The Labute approximate surface area is 255 Å². The van der Waals surface area contributed by atoms with Crippen molar-refractivity contribution in [2.24, 2.45) is 0 Å². The minimum Gasteiger partial charge on any atom is -0.507 e. The summed E-state index contributed by atoms with van der Waals surface area (Å²) in [5, 5.41) is 12.0. The van der Waals surface area contributed by atoms with Gasteiger partial charge >= 0.3 is 5.91 Å². The van der Waals surface area contributed by atoms with E-state index in [2.05, 4.69) is 6.92 Å². The smallest absolute Gasteiger partial charge is 0.301 e. The molecule has 2 heterocycles. The molecule has 0 bridgehead atoms. The van der Waals surface area contributed by atoms with Gasteiger partial charge < -0.3 is 19.3 Å². The lowest BCUT2D eigenvalue weighted by Crippen LogP contribution is -2.29. The number of carbonyl (C=O) groups excluding carboxylic acids is 2. The van der Waals surface area contributed by atoms with Crippen molar-refractivity contribution in [1.29, 1.82) is 0 Å². The van der Waals surface area contributed by atoms with Crippen LogP contribution in [-0.4, -0.2) is 42.1 Å². The van der Waals surface area contributed by atoms with Crippen LogP contribution in [0.15, 0.2) is 60.2 Å². The van der Waals surface area contributed by atoms with E-state index in [1.807, 2.05) is 32.9 Å². The predicted octanol–water partition coefficient (Wildman–Crippen LogP) is 7.52. The molecule has 8 nitrogen and oxygen atoms in total. The fourth-order valence-corrected chi connectivity index (χ4v) is 6.38. The van der Waals surface area contributed by atoms with Crippen LogP contribution in [0.2, 0.25) is 0 Å². The molecule has 0 saturated carbocycles. The van der Waals surface area contributed by atoms with Gasteiger partial charge in [-0.05, 0) is 73.7 Å². The third-order valence-electron chi connectivity index (χ3n) is 7.31. The molecule has 0 radical (unpaired) electrons. The first-order chi connectivity index (χ1) is 20.8. The first-order valence-electron chi connectivity index (χ1n) is 14.5. The van der Waals surface area contributed by atoms with Crippen LogP contribution in [0.5, 0.6) is 17.2 Å². The molecule has 0 spiro atoms. The van der Waals surface area contributed by atoms with Gasteiger partial charge in [-0.1, -0.05) is 55.9 Å². The van der Waals surface area contributed by atoms with Gasteiger partial charge in [-0.25, -0.2) is 4.98 Å². The monoisotopic (exact) mass is 600 g/mol. The second kappa shape index (κ2) is 12.9. The van der Waals surface area contributed by atoms with E-state index in [0.29, 0.717) is 46.7 Å². The summed E-state index contributed by atoms with van der Waals surface area (Å²) in [6.45, 7) is 9.11. The van der Waals surface area contributed by atoms with Gasteiger partial charge in [0.2, 0.25) is 0 Å². The number of hydrogen-bond acceptors (Lipinski definition) is 8. The third-order valence-corrected chi connectivity index (χ3v) is 8.31. The van der Waals surface area contributed by atoms with Crippen LogP contribution in [0.3, 0.4) is 0 Å². The van der Waals surface area contributed by atoms with E-state index in [1.165, 1.54) is 16.2 Å². The van der Waals surface area contributed by atoms with Gasteiger partial charge in [-0.15, -0.1) is 0 Å². The van der Waals surface area contributed by atoms with Gasteiger partial charge in [0, 0.05) is 5.56 Å². The van der Waals surface area contributed by atoms with Crippen LogP contribution < -0.4 is 19.1 Å².